The number of hydrogen-bond donors (Lipinski definition) is 1. The normalized spacial score (nSPS) is 11.9. The summed E-state index contributed by atoms with van der Waals surface area (Å²) >= 11 is 3.39. The Bertz CT molecular complexity index is 928. The molecular formula is C15H13BrN2O2S. The molecule has 108 valence electrons. The highest BCUT2D eigenvalue weighted by Gasteiger charge is 2.21. The average molecular weight is 365 g/mol. The van der Waals surface area contributed by atoms with Crippen molar-refractivity contribution in [3.8, 4) is 0 Å². The van der Waals surface area contributed by atoms with Crippen LogP contribution in [-0.4, -0.2) is 12.4 Å². The molecule has 0 fully saturated rings. The van der Waals surface area contributed by atoms with Gasteiger partial charge in [-0.25, -0.2) is 12.4 Å². The van der Waals surface area contributed by atoms with Gasteiger partial charge in [0.1, 0.15) is 0 Å². The number of nitrogens with two attached hydrogens (primary N) is 1. The van der Waals surface area contributed by atoms with Crippen molar-refractivity contribution >= 4 is 42.5 Å². The van der Waals surface area contributed by atoms with E-state index in [4.69, 9.17) is 5.73 Å². The van der Waals surface area contributed by atoms with Crippen LogP contribution in [0.1, 0.15) is 5.56 Å². The van der Waals surface area contributed by atoms with Crippen LogP contribution in [0.3, 0.4) is 0 Å². The maximum Gasteiger partial charge on any atom is 0.268 e. The minimum Gasteiger partial charge on any atom is -0.397 e. The van der Waals surface area contributed by atoms with Crippen molar-refractivity contribution in [3.63, 3.8) is 0 Å². The highest BCUT2D eigenvalue weighted by Crippen LogP contribution is 2.32. The summed E-state index contributed by atoms with van der Waals surface area (Å²) < 4.78 is 27.5. The van der Waals surface area contributed by atoms with Gasteiger partial charge in [-0.2, -0.15) is 0 Å². The van der Waals surface area contributed by atoms with Gasteiger partial charge < -0.3 is 5.73 Å². The fraction of sp³-hybridized carbons (Fsp3) is 0.0667. The van der Waals surface area contributed by atoms with E-state index < -0.39 is 10.0 Å². The van der Waals surface area contributed by atoms with Gasteiger partial charge in [-0.1, -0.05) is 29.8 Å². The SMILES string of the molecule is Cc1ccc(S(=O)(=O)n2cc(Br)c3cccc(N)c32)cc1. The highest BCUT2D eigenvalue weighted by molar-refractivity contribution is 9.10. The Morgan fingerprint density at radius 3 is 2.43 bits per heavy atom. The Hall–Kier alpha value is -1.79. The van der Waals surface area contributed by atoms with Crippen molar-refractivity contribution in [2.75, 3.05) is 5.73 Å². The van der Waals surface area contributed by atoms with E-state index in [0.717, 1.165) is 10.9 Å². The van der Waals surface area contributed by atoms with Crippen molar-refractivity contribution in [2.24, 2.45) is 0 Å². The molecule has 2 aromatic carbocycles. The lowest BCUT2D eigenvalue weighted by Crippen LogP contribution is -2.12. The van der Waals surface area contributed by atoms with E-state index in [1.54, 1.807) is 36.4 Å². The third kappa shape index (κ3) is 2.24. The number of aromatic nitrogens is 1. The first-order valence-corrected chi connectivity index (χ1v) is 8.52. The van der Waals surface area contributed by atoms with Crippen LogP contribution in [0.15, 0.2) is 58.0 Å². The molecule has 0 bridgehead atoms. The lowest BCUT2D eigenvalue weighted by molar-refractivity contribution is 0.589. The molecule has 0 atom stereocenters. The second-order valence-corrected chi connectivity index (χ2v) is 7.50. The summed E-state index contributed by atoms with van der Waals surface area (Å²) in [6.45, 7) is 1.91. The monoisotopic (exact) mass is 364 g/mol. The molecule has 0 radical (unpaired) electrons. The Morgan fingerprint density at radius 1 is 1.10 bits per heavy atom. The Labute approximate surface area is 131 Å². The lowest BCUT2D eigenvalue weighted by atomic mass is 10.2. The molecule has 0 spiro atoms. The number of fused-ring (bicyclic) bond motifs is 1. The second-order valence-electron chi connectivity index (χ2n) is 4.83. The molecular weight excluding hydrogens is 352 g/mol. The van der Waals surface area contributed by atoms with Gasteiger partial charge in [-0.3, -0.25) is 0 Å². The van der Waals surface area contributed by atoms with Gasteiger partial charge in [0, 0.05) is 16.1 Å². The zero-order chi connectivity index (χ0) is 15.2. The standard InChI is InChI=1S/C15H13BrN2O2S/c1-10-5-7-11(8-6-10)21(19,20)18-9-13(16)12-3-2-4-14(17)15(12)18/h2-9H,17H2,1H3. The molecule has 21 heavy (non-hydrogen) atoms. The molecule has 3 rings (SSSR count). The summed E-state index contributed by atoms with van der Waals surface area (Å²) in [5.41, 5.74) is 7.89. The molecule has 3 aromatic rings. The molecule has 0 aliphatic heterocycles. The molecule has 0 aliphatic rings. The summed E-state index contributed by atoms with van der Waals surface area (Å²) in [7, 11) is -3.68. The maximum absolute atomic E-state index is 12.8. The van der Waals surface area contributed by atoms with Crippen LogP contribution in [0.2, 0.25) is 0 Å². The van der Waals surface area contributed by atoms with Crippen LogP contribution < -0.4 is 5.73 Å². The number of rotatable bonds is 2. The third-order valence-electron chi connectivity index (χ3n) is 3.35. The van der Waals surface area contributed by atoms with Crippen LogP contribution >= 0.6 is 15.9 Å². The molecule has 4 nitrogen and oxygen atoms in total. The maximum atomic E-state index is 12.8. The molecule has 1 aromatic heterocycles. The molecule has 0 unspecified atom stereocenters. The summed E-state index contributed by atoms with van der Waals surface area (Å²) in [4.78, 5) is 0.237. The van der Waals surface area contributed by atoms with Crippen molar-refractivity contribution in [3.05, 3.63) is 58.7 Å². The second kappa shape index (κ2) is 4.89. The van der Waals surface area contributed by atoms with E-state index in [1.807, 2.05) is 13.0 Å². The van der Waals surface area contributed by atoms with E-state index >= 15 is 0 Å². The molecule has 0 aliphatic carbocycles. The van der Waals surface area contributed by atoms with Crippen LogP contribution in [0.4, 0.5) is 5.69 Å². The predicted molar refractivity (Wildman–Crippen MR) is 87.8 cm³/mol. The number of aryl methyl sites for hydroxylation is 1. The van der Waals surface area contributed by atoms with Crippen molar-refractivity contribution in [1.82, 2.24) is 3.97 Å². The van der Waals surface area contributed by atoms with E-state index in [9.17, 15) is 8.42 Å². The molecule has 1 heterocycles. The van der Waals surface area contributed by atoms with Crippen LogP contribution in [0, 0.1) is 6.92 Å². The fourth-order valence-electron chi connectivity index (χ4n) is 2.25. The number of para-hydroxylation sites is 1. The molecule has 0 saturated carbocycles. The van der Waals surface area contributed by atoms with Gasteiger partial charge in [0.15, 0.2) is 0 Å². The first-order valence-electron chi connectivity index (χ1n) is 6.28. The van der Waals surface area contributed by atoms with E-state index in [1.165, 1.54) is 10.2 Å². The average Bonchev–Trinajstić information content (AvgIpc) is 2.79. The smallest absolute Gasteiger partial charge is 0.268 e. The van der Waals surface area contributed by atoms with Gasteiger partial charge in [0.2, 0.25) is 0 Å². The zero-order valence-corrected chi connectivity index (χ0v) is 13.6. The summed E-state index contributed by atoms with van der Waals surface area (Å²) in [6, 6.07) is 12.1. The van der Waals surface area contributed by atoms with Crippen LogP contribution in [0.25, 0.3) is 10.9 Å². The largest absolute Gasteiger partial charge is 0.397 e. The first-order chi connectivity index (χ1) is 9.91. The molecule has 0 amide bonds. The quantitative estimate of drug-likeness (QED) is 0.707. The lowest BCUT2D eigenvalue weighted by Gasteiger charge is -2.09. The van der Waals surface area contributed by atoms with E-state index in [2.05, 4.69) is 15.9 Å². The van der Waals surface area contributed by atoms with Crippen LogP contribution in [-0.2, 0) is 10.0 Å². The fourth-order valence-corrected chi connectivity index (χ4v) is 4.31. The number of nitrogen functional groups attached to an aromatic ring is 1. The molecule has 0 saturated heterocycles. The van der Waals surface area contributed by atoms with E-state index in [0.29, 0.717) is 15.7 Å². The van der Waals surface area contributed by atoms with Gasteiger partial charge in [0.05, 0.1) is 16.1 Å². The number of anilines is 1. The van der Waals surface area contributed by atoms with Crippen molar-refractivity contribution in [1.29, 1.82) is 0 Å². The summed E-state index contributed by atoms with van der Waals surface area (Å²) in [5, 5.41) is 0.769. The Balaban J connectivity index is 2.32. The molecule has 6 heteroatoms. The topological polar surface area (TPSA) is 65.1 Å². The first kappa shape index (κ1) is 14.2. The zero-order valence-electron chi connectivity index (χ0n) is 11.2. The van der Waals surface area contributed by atoms with Crippen LogP contribution in [0.5, 0.6) is 0 Å². The number of nitrogens with zero attached hydrogens (tertiary/aromatic N) is 1. The van der Waals surface area contributed by atoms with Crippen molar-refractivity contribution < 1.29 is 8.42 Å². The number of halogens is 1. The molecule has 2 N–H and O–H groups in total. The minimum absolute atomic E-state index is 0.237. The van der Waals surface area contributed by atoms with Gasteiger partial charge in [0.25, 0.3) is 10.0 Å². The van der Waals surface area contributed by atoms with Gasteiger partial charge in [-0.05, 0) is 41.1 Å². The van der Waals surface area contributed by atoms with Crippen molar-refractivity contribution in [2.45, 2.75) is 11.8 Å². The summed E-state index contributed by atoms with van der Waals surface area (Å²) in [5.74, 6) is 0. The summed E-state index contributed by atoms with van der Waals surface area (Å²) in [6.07, 6.45) is 1.54. The minimum atomic E-state index is -3.68. The van der Waals surface area contributed by atoms with E-state index in [-0.39, 0.29) is 4.90 Å². The Kier molecular flexibility index (Phi) is 3.30. The van der Waals surface area contributed by atoms with Gasteiger partial charge in [-0.15, -0.1) is 0 Å². The van der Waals surface area contributed by atoms with Gasteiger partial charge >= 0.3 is 0 Å². The highest BCUT2D eigenvalue weighted by atomic mass is 79.9. The number of benzene rings is 2. The third-order valence-corrected chi connectivity index (χ3v) is 5.66. The number of hydrogen-bond acceptors (Lipinski definition) is 3. The predicted octanol–water partition coefficient (Wildman–Crippen LogP) is 3.53. The Morgan fingerprint density at radius 2 is 1.76 bits per heavy atom.